The normalized spacial score (nSPS) is 12.2. The Labute approximate surface area is 96.8 Å². The van der Waals surface area contributed by atoms with E-state index in [-0.39, 0.29) is 23.5 Å². The minimum absolute atomic E-state index is 0.0215. The van der Waals surface area contributed by atoms with Crippen LogP contribution in [0.4, 0.5) is 15.8 Å². The average molecular weight is 244 g/mol. The molecule has 0 aliphatic heterocycles. The van der Waals surface area contributed by atoms with E-state index in [0.29, 0.717) is 0 Å². The Morgan fingerprint density at radius 3 is 2.76 bits per heavy atom. The van der Waals surface area contributed by atoms with Crippen molar-refractivity contribution in [2.24, 2.45) is 0 Å². The van der Waals surface area contributed by atoms with Crippen molar-refractivity contribution >= 4 is 11.4 Å². The highest BCUT2D eigenvalue weighted by atomic mass is 19.1. The molecule has 17 heavy (non-hydrogen) atoms. The minimum Gasteiger partial charge on any atom is -0.394 e. The predicted molar refractivity (Wildman–Crippen MR) is 59.5 cm³/mol. The zero-order chi connectivity index (χ0) is 12.8. The molecule has 0 saturated heterocycles. The van der Waals surface area contributed by atoms with Crippen LogP contribution >= 0.6 is 0 Å². The topological polar surface area (TPSA) is 95.6 Å². The zero-order valence-electron chi connectivity index (χ0n) is 8.97. The smallest absolute Gasteiger partial charge is 0.292 e. The molecule has 94 valence electrons. The van der Waals surface area contributed by atoms with Gasteiger partial charge in [-0.2, -0.15) is 0 Å². The maximum absolute atomic E-state index is 12.4. The van der Waals surface area contributed by atoms with Crippen LogP contribution < -0.4 is 5.32 Å². The first-order valence-electron chi connectivity index (χ1n) is 4.94. The number of benzene rings is 1. The number of alkyl halides is 1. The third-order valence-corrected chi connectivity index (χ3v) is 2.15. The summed E-state index contributed by atoms with van der Waals surface area (Å²) in [5.74, 6) is 0. The molecule has 0 saturated carbocycles. The van der Waals surface area contributed by atoms with Crippen LogP contribution in [0.15, 0.2) is 18.2 Å². The van der Waals surface area contributed by atoms with E-state index < -0.39 is 24.3 Å². The lowest BCUT2D eigenvalue weighted by Crippen LogP contribution is -2.23. The first-order valence-corrected chi connectivity index (χ1v) is 4.94. The number of aliphatic hydroxyl groups excluding tert-OH is 2. The van der Waals surface area contributed by atoms with E-state index in [0.717, 1.165) is 6.07 Å². The molecule has 3 N–H and O–H groups in total. The summed E-state index contributed by atoms with van der Waals surface area (Å²) in [5, 5.41) is 31.1. The quantitative estimate of drug-likeness (QED) is 0.509. The van der Waals surface area contributed by atoms with E-state index in [4.69, 9.17) is 10.2 Å². The molecule has 1 aromatic rings. The zero-order valence-corrected chi connectivity index (χ0v) is 8.97. The van der Waals surface area contributed by atoms with Crippen molar-refractivity contribution in [3.05, 3.63) is 33.9 Å². The Kier molecular flexibility index (Phi) is 4.80. The highest BCUT2D eigenvalue weighted by Gasteiger charge is 2.15. The van der Waals surface area contributed by atoms with E-state index in [1.807, 2.05) is 0 Å². The summed E-state index contributed by atoms with van der Waals surface area (Å²) in [7, 11) is 0. The fraction of sp³-hybridized carbons (Fsp3) is 0.400. The summed E-state index contributed by atoms with van der Waals surface area (Å²) in [6.45, 7) is -1.24. The lowest BCUT2D eigenvalue weighted by atomic mass is 10.2. The van der Waals surface area contributed by atoms with E-state index in [1.165, 1.54) is 12.1 Å². The molecule has 6 nitrogen and oxygen atoms in total. The summed E-state index contributed by atoms with van der Waals surface area (Å²) in [6, 6.07) is 3.92. The van der Waals surface area contributed by atoms with E-state index >= 15 is 0 Å². The van der Waals surface area contributed by atoms with Gasteiger partial charge in [0, 0.05) is 12.6 Å². The molecule has 1 unspecified atom stereocenters. The second kappa shape index (κ2) is 6.12. The SMILES string of the molecule is O=[N+]([O-])c1cc(CF)ccc1NCC(O)CO. The van der Waals surface area contributed by atoms with Crippen LogP contribution in [-0.4, -0.2) is 34.4 Å². The van der Waals surface area contributed by atoms with Gasteiger partial charge in [-0.25, -0.2) is 4.39 Å². The van der Waals surface area contributed by atoms with Gasteiger partial charge in [0.2, 0.25) is 0 Å². The molecule has 0 spiro atoms. The molecule has 1 atom stereocenters. The maximum Gasteiger partial charge on any atom is 0.292 e. The molecule has 0 fully saturated rings. The van der Waals surface area contributed by atoms with Crippen LogP contribution in [0.25, 0.3) is 0 Å². The second-order valence-electron chi connectivity index (χ2n) is 3.46. The van der Waals surface area contributed by atoms with Crippen LogP contribution in [0.1, 0.15) is 5.56 Å². The van der Waals surface area contributed by atoms with Crippen molar-refractivity contribution in [2.45, 2.75) is 12.8 Å². The van der Waals surface area contributed by atoms with Gasteiger partial charge in [0.15, 0.2) is 0 Å². The van der Waals surface area contributed by atoms with Gasteiger partial charge >= 0.3 is 0 Å². The van der Waals surface area contributed by atoms with Crippen LogP contribution in [0.5, 0.6) is 0 Å². The molecule has 0 radical (unpaired) electrons. The number of rotatable bonds is 6. The van der Waals surface area contributed by atoms with Crippen molar-refractivity contribution in [3.63, 3.8) is 0 Å². The van der Waals surface area contributed by atoms with Gasteiger partial charge in [-0.1, -0.05) is 6.07 Å². The number of anilines is 1. The van der Waals surface area contributed by atoms with E-state index in [9.17, 15) is 14.5 Å². The minimum atomic E-state index is -1.00. The summed E-state index contributed by atoms with van der Waals surface area (Å²) < 4.78 is 12.4. The number of nitrogens with one attached hydrogen (secondary N) is 1. The van der Waals surface area contributed by atoms with Gasteiger partial charge in [0.1, 0.15) is 12.4 Å². The third kappa shape index (κ3) is 3.65. The van der Waals surface area contributed by atoms with Crippen molar-refractivity contribution in [1.82, 2.24) is 0 Å². The Hall–Kier alpha value is -1.73. The van der Waals surface area contributed by atoms with Crippen molar-refractivity contribution in [3.8, 4) is 0 Å². The molecule has 0 aliphatic rings. The van der Waals surface area contributed by atoms with Gasteiger partial charge in [-0.15, -0.1) is 0 Å². The van der Waals surface area contributed by atoms with Crippen molar-refractivity contribution in [1.29, 1.82) is 0 Å². The molecule has 0 amide bonds. The van der Waals surface area contributed by atoms with Gasteiger partial charge in [-0.05, 0) is 11.6 Å². The van der Waals surface area contributed by atoms with Crippen LogP contribution in [0.3, 0.4) is 0 Å². The molecular formula is C10H13FN2O4. The number of aliphatic hydroxyl groups is 2. The first kappa shape index (κ1) is 13.3. The second-order valence-corrected chi connectivity index (χ2v) is 3.46. The van der Waals surface area contributed by atoms with Gasteiger partial charge in [0.05, 0.1) is 17.6 Å². The van der Waals surface area contributed by atoms with Crippen molar-refractivity contribution < 1.29 is 19.5 Å². The number of hydrogen-bond acceptors (Lipinski definition) is 5. The Morgan fingerprint density at radius 2 is 2.24 bits per heavy atom. The van der Waals surface area contributed by atoms with Crippen LogP contribution in [0, 0.1) is 10.1 Å². The average Bonchev–Trinajstić information content (AvgIpc) is 2.35. The lowest BCUT2D eigenvalue weighted by Gasteiger charge is -2.10. The van der Waals surface area contributed by atoms with Crippen molar-refractivity contribution in [2.75, 3.05) is 18.5 Å². The third-order valence-electron chi connectivity index (χ3n) is 2.15. The van der Waals surface area contributed by atoms with Gasteiger partial charge in [-0.3, -0.25) is 10.1 Å². The maximum atomic E-state index is 12.4. The molecule has 7 heteroatoms. The number of hydrogen-bond donors (Lipinski definition) is 3. The predicted octanol–water partition coefficient (Wildman–Crippen LogP) is 0.829. The van der Waals surface area contributed by atoms with Gasteiger partial charge in [0.25, 0.3) is 5.69 Å². The highest BCUT2D eigenvalue weighted by Crippen LogP contribution is 2.25. The summed E-state index contributed by atoms with van der Waals surface area (Å²) >= 11 is 0. The molecule has 1 aromatic carbocycles. The Balaban J connectivity index is 2.87. The van der Waals surface area contributed by atoms with Crippen LogP contribution in [-0.2, 0) is 6.67 Å². The number of nitrogens with zero attached hydrogens (tertiary/aromatic N) is 1. The molecule has 0 heterocycles. The van der Waals surface area contributed by atoms with Crippen LogP contribution in [0.2, 0.25) is 0 Å². The summed E-state index contributed by atoms with van der Waals surface area (Å²) in [5.41, 5.74) is 0.134. The molecule has 0 aromatic heterocycles. The molecular weight excluding hydrogens is 231 g/mol. The largest absolute Gasteiger partial charge is 0.394 e. The van der Waals surface area contributed by atoms with E-state index in [2.05, 4.69) is 5.32 Å². The fourth-order valence-electron chi connectivity index (χ4n) is 1.25. The Morgan fingerprint density at radius 1 is 1.53 bits per heavy atom. The number of halogens is 1. The summed E-state index contributed by atoms with van der Waals surface area (Å²) in [6.07, 6.45) is -1.00. The lowest BCUT2D eigenvalue weighted by molar-refractivity contribution is -0.384. The summed E-state index contributed by atoms with van der Waals surface area (Å²) in [4.78, 5) is 10.1. The number of nitro groups is 1. The fourth-order valence-corrected chi connectivity index (χ4v) is 1.25. The molecule has 0 aliphatic carbocycles. The molecule has 1 rings (SSSR count). The number of nitro benzene ring substituents is 1. The molecule has 0 bridgehead atoms. The van der Waals surface area contributed by atoms with E-state index in [1.54, 1.807) is 0 Å². The first-order chi connectivity index (χ1) is 8.08. The van der Waals surface area contributed by atoms with Gasteiger partial charge < -0.3 is 15.5 Å². The standard InChI is InChI=1S/C10H13FN2O4/c11-4-7-1-2-9(10(3-7)13(16)17)12-5-8(15)6-14/h1-3,8,12,14-15H,4-6H2. The highest BCUT2D eigenvalue weighted by molar-refractivity contribution is 5.62. The Bertz CT molecular complexity index is 400. The monoisotopic (exact) mass is 244 g/mol.